The van der Waals surface area contributed by atoms with Crippen molar-refractivity contribution in [2.24, 2.45) is 0 Å². The van der Waals surface area contributed by atoms with Gasteiger partial charge in [-0.15, -0.1) is 11.8 Å². The molecule has 0 radical (unpaired) electrons. The average Bonchev–Trinajstić information content (AvgIpc) is 2.48. The normalized spacial score (nSPS) is 9.85. The van der Waals surface area contributed by atoms with Crippen molar-refractivity contribution in [3.8, 4) is 6.07 Å². The molecule has 5 heteroatoms. The van der Waals surface area contributed by atoms with Crippen molar-refractivity contribution >= 4 is 39.3 Å². The van der Waals surface area contributed by atoms with E-state index in [1.807, 2.05) is 24.5 Å². The van der Waals surface area contributed by atoms with Crippen LogP contribution in [0.2, 0.25) is 0 Å². The molecule has 0 aliphatic carbocycles. The summed E-state index contributed by atoms with van der Waals surface area (Å²) in [5, 5.41) is 11.9. The Morgan fingerprint density at radius 1 is 1.30 bits per heavy atom. The minimum atomic E-state index is -0.214. The number of benzene rings is 2. The number of nitrogens with zero attached hydrogens (tertiary/aromatic N) is 1. The van der Waals surface area contributed by atoms with Crippen molar-refractivity contribution in [2.75, 3.05) is 11.6 Å². The van der Waals surface area contributed by atoms with Crippen molar-refractivity contribution in [1.29, 1.82) is 5.26 Å². The Balaban J connectivity index is 2.31. The molecular formula is C15H11BrN2OS. The van der Waals surface area contributed by atoms with Gasteiger partial charge in [-0.3, -0.25) is 4.79 Å². The lowest BCUT2D eigenvalue weighted by atomic mass is 10.1. The maximum Gasteiger partial charge on any atom is 0.256 e. The molecule has 0 aliphatic rings. The van der Waals surface area contributed by atoms with Crippen LogP contribution < -0.4 is 5.32 Å². The lowest BCUT2D eigenvalue weighted by Crippen LogP contribution is -2.13. The summed E-state index contributed by atoms with van der Waals surface area (Å²) < 4.78 is 0.802. The summed E-state index contributed by atoms with van der Waals surface area (Å²) >= 11 is 4.82. The zero-order valence-electron chi connectivity index (χ0n) is 10.7. The molecular weight excluding hydrogens is 336 g/mol. The van der Waals surface area contributed by atoms with Gasteiger partial charge in [-0.1, -0.05) is 28.1 Å². The number of hydrogen-bond donors (Lipinski definition) is 1. The number of hydrogen-bond acceptors (Lipinski definition) is 3. The molecule has 3 nitrogen and oxygen atoms in total. The standard InChI is InChI=1S/C15H11BrN2OS/c1-20-14-5-3-2-4-12(14)15(19)18-13-7-6-11(16)8-10(13)9-17/h2-8H,1H3,(H,18,19). The molecule has 1 N–H and O–H groups in total. The maximum atomic E-state index is 12.3. The summed E-state index contributed by atoms with van der Waals surface area (Å²) in [4.78, 5) is 13.2. The molecule has 0 fully saturated rings. The van der Waals surface area contributed by atoms with Gasteiger partial charge in [-0.25, -0.2) is 0 Å². The van der Waals surface area contributed by atoms with E-state index >= 15 is 0 Å². The van der Waals surface area contributed by atoms with E-state index in [9.17, 15) is 4.79 Å². The van der Waals surface area contributed by atoms with E-state index < -0.39 is 0 Å². The second-order valence-corrected chi connectivity index (χ2v) is 5.72. The molecule has 0 saturated heterocycles. The Kier molecular flexibility index (Phi) is 4.83. The highest BCUT2D eigenvalue weighted by Crippen LogP contribution is 2.24. The van der Waals surface area contributed by atoms with Crippen molar-refractivity contribution in [3.63, 3.8) is 0 Å². The fourth-order valence-electron chi connectivity index (χ4n) is 1.74. The summed E-state index contributed by atoms with van der Waals surface area (Å²) in [5.74, 6) is -0.214. The highest BCUT2D eigenvalue weighted by atomic mass is 79.9. The van der Waals surface area contributed by atoms with Crippen LogP contribution in [0, 0.1) is 11.3 Å². The summed E-state index contributed by atoms with van der Waals surface area (Å²) in [7, 11) is 0. The quantitative estimate of drug-likeness (QED) is 0.843. The first-order chi connectivity index (χ1) is 9.65. The number of carbonyl (C=O) groups is 1. The molecule has 100 valence electrons. The van der Waals surface area contributed by atoms with Gasteiger partial charge in [0.1, 0.15) is 6.07 Å². The van der Waals surface area contributed by atoms with Crippen LogP contribution >= 0.6 is 27.7 Å². The molecule has 0 aromatic heterocycles. The number of rotatable bonds is 3. The van der Waals surface area contributed by atoms with Crippen molar-refractivity contribution in [3.05, 3.63) is 58.1 Å². The number of thioether (sulfide) groups is 1. The first-order valence-electron chi connectivity index (χ1n) is 5.79. The average molecular weight is 347 g/mol. The van der Waals surface area contributed by atoms with Gasteiger partial charge in [0.15, 0.2) is 0 Å². The monoisotopic (exact) mass is 346 g/mol. The van der Waals surface area contributed by atoms with E-state index in [1.54, 1.807) is 24.3 Å². The zero-order chi connectivity index (χ0) is 14.5. The number of nitriles is 1. The van der Waals surface area contributed by atoms with Gasteiger partial charge in [0.05, 0.1) is 16.8 Å². The Bertz CT molecular complexity index is 695. The van der Waals surface area contributed by atoms with Crippen LogP contribution in [0.3, 0.4) is 0 Å². The Hall–Kier alpha value is -1.77. The molecule has 2 rings (SSSR count). The first-order valence-corrected chi connectivity index (χ1v) is 7.81. The number of amides is 1. The Morgan fingerprint density at radius 3 is 2.75 bits per heavy atom. The van der Waals surface area contributed by atoms with Crippen LogP contribution in [0.1, 0.15) is 15.9 Å². The van der Waals surface area contributed by atoms with Gasteiger partial charge in [-0.05, 0) is 36.6 Å². The smallest absolute Gasteiger partial charge is 0.256 e. The minimum Gasteiger partial charge on any atom is -0.321 e. The fraction of sp³-hybridized carbons (Fsp3) is 0.0667. The van der Waals surface area contributed by atoms with E-state index in [0.717, 1.165) is 9.37 Å². The summed E-state index contributed by atoms with van der Waals surface area (Å²) in [6.45, 7) is 0. The van der Waals surface area contributed by atoms with E-state index in [-0.39, 0.29) is 5.91 Å². The fourth-order valence-corrected chi connectivity index (χ4v) is 2.70. The molecule has 0 atom stereocenters. The van der Waals surface area contributed by atoms with Gasteiger partial charge in [-0.2, -0.15) is 5.26 Å². The molecule has 0 saturated carbocycles. The lowest BCUT2D eigenvalue weighted by molar-refractivity contribution is 0.102. The number of carbonyl (C=O) groups excluding carboxylic acids is 1. The molecule has 0 unspecified atom stereocenters. The SMILES string of the molecule is CSc1ccccc1C(=O)Nc1ccc(Br)cc1C#N. The first kappa shape index (κ1) is 14.6. The van der Waals surface area contributed by atoms with E-state index in [0.29, 0.717) is 16.8 Å². The second kappa shape index (κ2) is 6.60. The summed E-state index contributed by atoms with van der Waals surface area (Å²) in [6, 6.07) is 14.6. The summed E-state index contributed by atoms with van der Waals surface area (Å²) in [6.07, 6.45) is 1.92. The van der Waals surface area contributed by atoms with Crippen LogP contribution in [0.15, 0.2) is 51.8 Å². The van der Waals surface area contributed by atoms with Crippen molar-refractivity contribution in [2.45, 2.75) is 4.90 Å². The molecule has 0 heterocycles. The molecule has 0 aliphatic heterocycles. The van der Waals surface area contributed by atoms with Crippen LogP contribution in [-0.2, 0) is 0 Å². The van der Waals surface area contributed by atoms with Gasteiger partial charge in [0.25, 0.3) is 5.91 Å². The minimum absolute atomic E-state index is 0.214. The van der Waals surface area contributed by atoms with Gasteiger partial charge in [0, 0.05) is 9.37 Å². The predicted molar refractivity (Wildman–Crippen MR) is 85.0 cm³/mol. The lowest BCUT2D eigenvalue weighted by Gasteiger charge is -2.09. The number of halogens is 1. The molecule has 2 aromatic rings. The third kappa shape index (κ3) is 3.21. The van der Waals surface area contributed by atoms with Gasteiger partial charge < -0.3 is 5.32 Å². The Labute approximate surface area is 130 Å². The van der Waals surface area contributed by atoms with Crippen LogP contribution in [0.25, 0.3) is 0 Å². The Morgan fingerprint density at radius 2 is 2.05 bits per heavy atom. The number of anilines is 1. The topological polar surface area (TPSA) is 52.9 Å². The van der Waals surface area contributed by atoms with E-state index in [4.69, 9.17) is 5.26 Å². The van der Waals surface area contributed by atoms with Crippen LogP contribution in [-0.4, -0.2) is 12.2 Å². The molecule has 2 aromatic carbocycles. The van der Waals surface area contributed by atoms with Gasteiger partial charge in [0.2, 0.25) is 0 Å². The second-order valence-electron chi connectivity index (χ2n) is 3.96. The van der Waals surface area contributed by atoms with Crippen LogP contribution in [0.4, 0.5) is 5.69 Å². The summed E-state index contributed by atoms with van der Waals surface area (Å²) in [5.41, 5.74) is 1.54. The van der Waals surface area contributed by atoms with Crippen molar-refractivity contribution < 1.29 is 4.79 Å². The molecule has 20 heavy (non-hydrogen) atoms. The molecule has 0 spiro atoms. The van der Waals surface area contributed by atoms with Crippen LogP contribution in [0.5, 0.6) is 0 Å². The van der Waals surface area contributed by atoms with Crippen molar-refractivity contribution in [1.82, 2.24) is 0 Å². The van der Waals surface area contributed by atoms with Gasteiger partial charge >= 0.3 is 0 Å². The third-order valence-electron chi connectivity index (χ3n) is 2.70. The van der Waals surface area contributed by atoms with E-state index in [2.05, 4.69) is 27.3 Å². The highest BCUT2D eigenvalue weighted by Gasteiger charge is 2.12. The maximum absolute atomic E-state index is 12.3. The molecule has 1 amide bonds. The number of nitrogens with one attached hydrogen (secondary N) is 1. The van der Waals surface area contributed by atoms with E-state index in [1.165, 1.54) is 11.8 Å². The highest BCUT2D eigenvalue weighted by molar-refractivity contribution is 9.10. The third-order valence-corrected chi connectivity index (χ3v) is 3.99. The predicted octanol–water partition coefficient (Wildman–Crippen LogP) is 4.29. The molecule has 0 bridgehead atoms. The zero-order valence-corrected chi connectivity index (χ0v) is 13.1. The largest absolute Gasteiger partial charge is 0.321 e.